The van der Waals surface area contributed by atoms with Gasteiger partial charge < -0.3 is 0 Å². The minimum Gasteiger partial charge on any atom is -0.274 e. The Bertz CT molecular complexity index is 1230. The summed E-state index contributed by atoms with van der Waals surface area (Å²) in [6.45, 7) is 0.840. The highest BCUT2D eigenvalue weighted by Gasteiger charge is 2.28. The average molecular weight is 487 g/mol. The molecule has 1 atom stereocenters. The predicted molar refractivity (Wildman–Crippen MR) is 129 cm³/mol. The van der Waals surface area contributed by atoms with Crippen LogP contribution in [0, 0.1) is 0 Å². The van der Waals surface area contributed by atoms with E-state index in [1.165, 1.54) is 30.6 Å². The van der Waals surface area contributed by atoms with Crippen LogP contribution in [0.5, 0.6) is 0 Å². The Hall–Kier alpha value is -2.87. The number of sulfonamides is 1. The van der Waals surface area contributed by atoms with Crippen LogP contribution in [0.25, 0.3) is 0 Å². The van der Waals surface area contributed by atoms with Gasteiger partial charge >= 0.3 is 0 Å². The third-order valence-electron chi connectivity index (χ3n) is 4.98. The fraction of sp³-hybridized carbons (Fsp3) is 0.130. The van der Waals surface area contributed by atoms with Crippen LogP contribution in [0.3, 0.4) is 0 Å². The van der Waals surface area contributed by atoms with Crippen molar-refractivity contribution >= 4 is 45.3 Å². The van der Waals surface area contributed by atoms with Gasteiger partial charge in [0.05, 0.1) is 23.5 Å². The van der Waals surface area contributed by atoms with Crippen molar-refractivity contribution in [1.29, 1.82) is 0 Å². The molecule has 1 heterocycles. The third kappa shape index (κ3) is 5.30. The Labute approximate surface area is 197 Å². The lowest BCUT2D eigenvalue weighted by atomic mass is 9.91. The van der Waals surface area contributed by atoms with Crippen molar-refractivity contribution in [2.24, 2.45) is 10.1 Å². The normalized spacial score (nSPS) is 16.4. The molecule has 0 saturated heterocycles. The van der Waals surface area contributed by atoms with E-state index >= 15 is 0 Å². The molecule has 0 aromatic heterocycles. The fourth-order valence-electron chi connectivity index (χ4n) is 3.40. The number of nitrogens with zero attached hydrogens (tertiary/aromatic N) is 3. The van der Waals surface area contributed by atoms with Gasteiger partial charge in [-0.1, -0.05) is 65.7 Å². The second kappa shape index (κ2) is 9.73. The zero-order valence-electron chi connectivity index (χ0n) is 16.9. The Morgan fingerprint density at radius 1 is 0.969 bits per heavy atom. The number of halogens is 2. The predicted octanol–water partition coefficient (Wildman–Crippen LogP) is 4.76. The van der Waals surface area contributed by atoms with Gasteiger partial charge in [0.25, 0.3) is 10.0 Å². The Balaban J connectivity index is 1.47. The van der Waals surface area contributed by atoms with E-state index in [1.807, 2.05) is 47.5 Å². The summed E-state index contributed by atoms with van der Waals surface area (Å²) in [6.07, 6.45) is 1.18. The minimum atomic E-state index is -3.71. The van der Waals surface area contributed by atoms with Crippen molar-refractivity contribution < 1.29 is 8.42 Å². The molecule has 0 unspecified atom stereocenters. The highest BCUT2D eigenvalue weighted by molar-refractivity contribution is 7.90. The molecule has 0 saturated carbocycles. The van der Waals surface area contributed by atoms with Gasteiger partial charge in [-0.3, -0.25) is 14.7 Å². The summed E-state index contributed by atoms with van der Waals surface area (Å²) in [7, 11) is -3.71. The summed E-state index contributed by atoms with van der Waals surface area (Å²) in [4.78, 5) is 4.32. The summed E-state index contributed by atoms with van der Waals surface area (Å²) in [5, 5.41) is 7.69. The molecule has 9 heteroatoms. The molecule has 0 amide bonds. The lowest BCUT2D eigenvalue weighted by Gasteiger charge is -2.15. The zero-order valence-corrected chi connectivity index (χ0v) is 19.2. The maximum atomic E-state index is 12.3. The highest BCUT2D eigenvalue weighted by atomic mass is 35.5. The monoisotopic (exact) mass is 486 g/mol. The van der Waals surface area contributed by atoms with Crippen LogP contribution in [0.4, 0.5) is 0 Å². The van der Waals surface area contributed by atoms with E-state index in [1.54, 1.807) is 0 Å². The maximum absolute atomic E-state index is 12.3. The molecule has 1 aliphatic rings. The van der Waals surface area contributed by atoms with Gasteiger partial charge in [-0.25, -0.2) is 8.42 Å². The van der Waals surface area contributed by atoms with E-state index in [9.17, 15) is 8.42 Å². The van der Waals surface area contributed by atoms with Crippen LogP contribution in [0.15, 0.2) is 93.9 Å². The molecule has 0 aliphatic carbocycles. The van der Waals surface area contributed by atoms with Crippen LogP contribution < -0.4 is 4.72 Å². The molecule has 0 radical (unpaired) electrons. The molecule has 1 aliphatic heterocycles. The van der Waals surface area contributed by atoms with E-state index in [0.29, 0.717) is 16.6 Å². The first-order chi connectivity index (χ1) is 15.4. The number of hydrazone groups is 1. The molecule has 6 nitrogen and oxygen atoms in total. The molecule has 3 aromatic rings. The topological polar surface area (TPSA) is 74.1 Å². The minimum absolute atomic E-state index is 0.0679. The smallest absolute Gasteiger partial charge is 0.262 e. The van der Waals surface area contributed by atoms with Crippen molar-refractivity contribution in [1.82, 2.24) is 9.73 Å². The van der Waals surface area contributed by atoms with Gasteiger partial charge in [-0.05, 0) is 47.5 Å². The first kappa shape index (κ1) is 22.3. The fourth-order valence-corrected chi connectivity index (χ4v) is 4.50. The molecule has 0 fully saturated rings. The van der Waals surface area contributed by atoms with Crippen molar-refractivity contribution in [2.75, 3.05) is 13.2 Å². The van der Waals surface area contributed by atoms with Gasteiger partial charge in [-0.15, -0.1) is 0 Å². The SMILES string of the molecule is O=S(=O)(N/C=N/CN1C[C@H](c2ccccc2)C(c2ccc(Cl)cc2)=N1)c1ccc(Cl)cc1. The second-order valence-electron chi connectivity index (χ2n) is 7.17. The third-order valence-corrected chi connectivity index (χ3v) is 6.79. The van der Waals surface area contributed by atoms with E-state index < -0.39 is 10.0 Å². The molecule has 1 N–H and O–H groups in total. The largest absolute Gasteiger partial charge is 0.274 e. The summed E-state index contributed by atoms with van der Waals surface area (Å²) in [5.41, 5.74) is 3.05. The van der Waals surface area contributed by atoms with Crippen molar-refractivity contribution in [3.63, 3.8) is 0 Å². The average Bonchev–Trinajstić information content (AvgIpc) is 3.22. The molecule has 0 spiro atoms. The molecule has 0 bridgehead atoms. The van der Waals surface area contributed by atoms with Crippen LogP contribution in [0.1, 0.15) is 17.0 Å². The van der Waals surface area contributed by atoms with E-state index in [4.69, 9.17) is 28.3 Å². The first-order valence-electron chi connectivity index (χ1n) is 9.83. The summed E-state index contributed by atoms with van der Waals surface area (Å²) in [5.74, 6) is 0.0679. The summed E-state index contributed by atoms with van der Waals surface area (Å²) >= 11 is 11.9. The van der Waals surface area contributed by atoms with Crippen LogP contribution in [-0.2, 0) is 10.0 Å². The van der Waals surface area contributed by atoms with Gasteiger partial charge in [-0.2, -0.15) is 5.10 Å². The number of nitrogens with one attached hydrogen (secondary N) is 1. The standard InChI is InChI=1S/C23H20Cl2N4O2S/c24-19-8-6-18(7-9-19)23-22(17-4-2-1-3-5-17)14-29(28-23)16-26-15-27-32(30,31)21-12-10-20(25)11-13-21/h1-13,15,22H,14,16H2,(H,26,27)/t22-/m1/s1. The molecule has 4 rings (SSSR count). The number of benzene rings is 3. The molecule has 3 aromatic carbocycles. The van der Waals surface area contributed by atoms with Crippen molar-refractivity contribution in [3.05, 3.63) is 100 Å². The highest BCUT2D eigenvalue weighted by Crippen LogP contribution is 2.29. The quantitative estimate of drug-likeness (QED) is 0.386. The van der Waals surface area contributed by atoms with Gasteiger partial charge in [0, 0.05) is 16.0 Å². The Morgan fingerprint density at radius 3 is 2.25 bits per heavy atom. The lowest BCUT2D eigenvalue weighted by Crippen LogP contribution is -2.24. The van der Waals surface area contributed by atoms with E-state index in [2.05, 4.69) is 21.8 Å². The lowest BCUT2D eigenvalue weighted by molar-refractivity contribution is 0.321. The number of hydrogen-bond acceptors (Lipinski definition) is 5. The molecular formula is C23H20Cl2N4O2S. The summed E-state index contributed by atoms with van der Waals surface area (Å²) < 4.78 is 27.0. The number of rotatable bonds is 7. The van der Waals surface area contributed by atoms with E-state index in [0.717, 1.165) is 16.8 Å². The van der Waals surface area contributed by atoms with E-state index in [-0.39, 0.29) is 17.5 Å². The Morgan fingerprint density at radius 2 is 1.59 bits per heavy atom. The van der Waals surface area contributed by atoms with Gasteiger partial charge in [0.2, 0.25) is 0 Å². The van der Waals surface area contributed by atoms with Crippen molar-refractivity contribution in [2.45, 2.75) is 10.8 Å². The maximum Gasteiger partial charge on any atom is 0.262 e. The van der Waals surface area contributed by atoms with Crippen LogP contribution in [-0.4, -0.2) is 38.7 Å². The van der Waals surface area contributed by atoms with Gasteiger partial charge in [0.1, 0.15) is 6.67 Å². The zero-order chi connectivity index (χ0) is 22.6. The van der Waals surface area contributed by atoms with Gasteiger partial charge in [0.15, 0.2) is 0 Å². The summed E-state index contributed by atoms with van der Waals surface area (Å²) in [6, 6.07) is 23.6. The first-order valence-corrected chi connectivity index (χ1v) is 12.1. The molecule has 32 heavy (non-hydrogen) atoms. The molecule has 164 valence electrons. The number of aliphatic imine (C=N–C) groups is 1. The number of hydrogen-bond donors (Lipinski definition) is 1. The van der Waals surface area contributed by atoms with Crippen molar-refractivity contribution in [3.8, 4) is 0 Å². The Kier molecular flexibility index (Phi) is 6.79. The second-order valence-corrected chi connectivity index (χ2v) is 9.76. The molecular weight excluding hydrogens is 467 g/mol. The van der Waals surface area contributed by atoms with Crippen LogP contribution >= 0.6 is 23.2 Å². The van der Waals surface area contributed by atoms with Crippen LogP contribution in [0.2, 0.25) is 10.0 Å².